The number of hydrogen-bond donors (Lipinski definition) is 0. The first-order valence-corrected chi connectivity index (χ1v) is 4.99. The SMILES string of the molecule is FC(F)(F)c1ccc(N2C=CC=NC2)s1. The molecule has 0 amide bonds. The van der Waals surface area contributed by atoms with Crippen molar-refractivity contribution in [2.75, 3.05) is 11.6 Å². The minimum absolute atomic E-state index is 0.369. The van der Waals surface area contributed by atoms with Gasteiger partial charge in [0, 0.05) is 12.4 Å². The lowest BCUT2D eigenvalue weighted by Gasteiger charge is -2.17. The van der Waals surface area contributed by atoms with Crippen LogP contribution in [0.1, 0.15) is 4.88 Å². The quantitative estimate of drug-likeness (QED) is 0.726. The first-order chi connectivity index (χ1) is 7.07. The third-order valence-corrected chi connectivity index (χ3v) is 3.01. The lowest BCUT2D eigenvalue weighted by atomic mass is 10.4. The number of anilines is 1. The van der Waals surface area contributed by atoms with Gasteiger partial charge in [-0.25, -0.2) is 0 Å². The van der Waals surface area contributed by atoms with Gasteiger partial charge >= 0.3 is 6.18 Å². The molecule has 0 saturated heterocycles. The van der Waals surface area contributed by atoms with Crippen LogP contribution in [0.25, 0.3) is 0 Å². The van der Waals surface area contributed by atoms with E-state index in [-0.39, 0.29) is 0 Å². The Morgan fingerprint density at radius 3 is 2.67 bits per heavy atom. The van der Waals surface area contributed by atoms with E-state index < -0.39 is 11.1 Å². The van der Waals surface area contributed by atoms with E-state index in [0.717, 1.165) is 17.4 Å². The number of allylic oxidation sites excluding steroid dienone is 1. The third-order valence-electron chi connectivity index (χ3n) is 1.85. The molecule has 0 aromatic carbocycles. The van der Waals surface area contributed by atoms with E-state index in [0.29, 0.717) is 11.7 Å². The predicted molar refractivity (Wildman–Crippen MR) is 54.3 cm³/mol. The number of rotatable bonds is 1. The average molecular weight is 232 g/mol. The monoisotopic (exact) mass is 232 g/mol. The first-order valence-electron chi connectivity index (χ1n) is 4.18. The van der Waals surface area contributed by atoms with E-state index in [9.17, 15) is 13.2 Å². The van der Waals surface area contributed by atoms with Crippen LogP contribution in [0.5, 0.6) is 0 Å². The summed E-state index contributed by atoms with van der Waals surface area (Å²) >= 11 is 0.722. The fourth-order valence-corrected chi connectivity index (χ4v) is 2.01. The molecule has 0 saturated carbocycles. The minimum Gasteiger partial charge on any atom is -0.320 e. The smallest absolute Gasteiger partial charge is 0.320 e. The largest absolute Gasteiger partial charge is 0.425 e. The van der Waals surface area contributed by atoms with Crippen molar-refractivity contribution < 1.29 is 13.2 Å². The van der Waals surface area contributed by atoms with E-state index in [1.807, 2.05) is 0 Å². The van der Waals surface area contributed by atoms with Gasteiger partial charge in [-0.3, -0.25) is 4.99 Å². The van der Waals surface area contributed by atoms with Crippen LogP contribution in [0.15, 0.2) is 29.4 Å². The summed E-state index contributed by atoms with van der Waals surface area (Å²) < 4.78 is 36.9. The van der Waals surface area contributed by atoms with Crippen LogP contribution in [0.3, 0.4) is 0 Å². The Hall–Kier alpha value is -1.30. The summed E-state index contributed by atoms with van der Waals surface area (Å²) in [4.78, 5) is 5.03. The number of alkyl halides is 3. The maximum absolute atomic E-state index is 12.3. The Kier molecular flexibility index (Phi) is 2.52. The molecule has 1 aromatic rings. The lowest BCUT2D eigenvalue weighted by molar-refractivity contribution is -0.134. The maximum atomic E-state index is 12.3. The van der Waals surface area contributed by atoms with Gasteiger partial charge in [-0.2, -0.15) is 13.2 Å². The standard InChI is InChI=1S/C9H7F3N2S/c10-9(11,12)7-2-3-8(15-7)14-5-1-4-13-6-14/h1-5H,6H2. The summed E-state index contributed by atoms with van der Waals surface area (Å²) in [6.07, 6.45) is 0.760. The fourth-order valence-electron chi connectivity index (χ4n) is 1.16. The molecule has 0 spiro atoms. The van der Waals surface area contributed by atoms with Gasteiger partial charge in [0.05, 0.1) is 5.00 Å². The number of halogens is 3. The Morgan fingerprint density at radius 1 is 1.33 bits per heavy atom. The van der Waals surface area contributed by atoms with Gasteiger partial charge in [0.25, 0.3) is 0 Å². The van der Waals surface area contributed by atoms with Crippen molar-refractivity contribution in [2.24, 2.45) is 4.99 Å². The van der Waals surface area contributed by atoms with Crippen LogP contribution in [0.2, 0.25) is 0 Å². The molecule has 15 heavy (non-hydrogen) atoms. The highest BCUT2D eigenvalue weighted by Crippen LogP contribution is 2.38. The zero-order chi connectivity index (χ0) is 10.9. The molecule has 6 heteroatoms. The highest BCUT2D eigenvalue weighted by atomic mass is 32.1. The topological polar surface area (TPSA) is 15.6 Å². The molecule has 2 rings (SSSR count). The molecule has 1 aliphatic heterocycles. The minimum atomic E-state index is -4.26. The van der Waals surface area contributed by atoms with Crippen LogP contribution < -0.4 is 4.90 Å². The van der Waals surface area contributed by atoms with Crippen molar-refractivity contribution >= 4 is 22.6 Å². The van der Waals surface area contributed by atoms with Crippen molar-refractivity contribution in [1.29, 1.82) is 0 Å². The summed E-state index contributed by atoms with van der Waals surface area (Å²) in [6, 6.07) is 2.55. The molecule has 1 aromatic heterocycles. The molecule has 2 nitrogen and oxygen atoms in total. The number of hydrogen-bond acceptors (Lipinski definition) is 3. The molecule has 0 bridgehead atoms. The third kappa shape index (κ3) is 2.20. The van der Waals surface area contributed by atoms with E-state index >= 15 is 0 Å². The summed E-state index contributed by atoms with van der Waals surface area (Å²) in [5.74, 6) is 0. The van der Waals surface area contributed by atoms with Gasteiger partial charge in [-0.15, -0.1) is 11.3 Å². The Bertz CT molecular complexity index is 406. The molecule has 0 atom stereocenters. The van der Waals surface area contributed by atoms with Gasteiger partial charge in [0.2, 0.25) is 0 Å². The van der Waals surface area contributed by atoms with Crippen LogP contribution in [0, 0.1) is 0 Å². The molecule has 2 heterocycles. The van der Waals surface area contributed by atoms with Gasteiger partial charge in [-0.1, -0.05) is 0 Å². The van der Waals surface area contributed by atoms with Gasteiger partial charge in [0.1, 0.15) is 11.5 Å². The van der Waals surface area contributed by atoms with Crippen LogP contribution in [-0.4, -0.2) is 12.9 Å². The Labute approximate surface area is 88.4 Å². The van der Waals surface area contributed by atoms with Crippen molar-refractivity contribution in [3.8, 4) is 0 Å². The average Bonchev–Trinajstić information content (AvgIpc) is 2.67. The highest BCUT2D eigenvalue weighted by molar-refractivity contribution is 7.16. The van der Waals surface area contributed by atoms with Gasteiger partial charge in [0.15, 0.2) is 0 Å². The van der Waals surface area contributed by atoms with Crippen molar-refractivity contribution in [3.05, 3.63) is 29.3 Å². The van der Waals surface area contributed by atoms with Crippen molar-refractivity contribution in [1.82, 2.24) is 0 Å². The summed E-state index contributed by atoms with van der Waals surface area (Å²) in [5.41, 5.74) is 0. The lowest BCUT2D eigenvalue weighted by Crippen LogP contribution is -2.16. The van der Waals surface area contributed by atoms with Gasteiger partial charge < -0.3 is 4.90 Å². The molecular weight excluding hydrogens is 225 g/mol. The number of thiophene rings is 1. The van der Waals surface area contributed by atoms with Crippen molar-refractivity contribution in [2.45, 2.75) is 6.18 Å². The summed E-state index contributed by atoms with van der Waals surface area (Å²) in [6.45, 7) is 0.369. The molecule has 0 aliphatic carbocycles. The van der Waals surface area contributed by atoms with E-state index in [2.05, 4.69) is 4.99 Å². The Balaban J connectivity index is 2.20. The molecule has 0 radical (unpaired) electrons. The summed E-state index contributed by atoms with van der Waals surface area (Å²) in [7, 11) is 0. The van der Waals surface area contributed by atoms with Crippen LogP contribution in [-0.2, 0) is 6.18 Å². The molecule has 0 fully saturated rings. The zero-order valence-corrected chi connectivity index (χ0v) is 8.35. The van der Waals surface area contributed by atoms with Crippen LogP contribution >= 0.6 is 11.3 Å². The van der Waals surface area contributed by atoms with Gasteiger partial charge in [-0.05, 0) is 18.2 Å². The molecule has 0 unspecified atom stereocenters. The van der Waals surface area contributed by atoms with Crippen molar-refractivity contribution in [3.63, 3.8) is 0 Å². The van der Waals surface area contributed by atoms with E-state index in [4.69, 9.17) is 0 Å². The van der Waals surface area contributed by atoms with E-state index in [1.165, 1.54) is 6.07 Å². The molecule has 1 aliphatic rings. The summed E-state index contributed by atoms with van der Waals surface area (Å²) in [5, 5.41) is 0.551. The fraction of sp³-hybridized carbons (Fsp3) is 0.222. The second-order valence-corrected chi connectivity index (χ2v) is 3.98. The second-order valence-electron chi connectivity index (χ2n) is 2.92. The zero-order valence-electron chi connectivity index (χ0n) is 7.53. The molecular formula is C9H7F3N2S. The number of nitrogens with zero attached hydrogens (tertiary/aromatic N) is 2. The second kappa shape index (κ2) is 3.69. The first kappa shape index (κ1) is 10.2. The molecule has 0 N–H and O–H groups in total. The van der Waals surface area contributed by atoms with Crippen LogP contribution in [0.4, 0.5) is 18.2 Å². The normalized spacial score (nSPS) is 16.1. The predicted octanol–water partition coefficient (Wildman–Crippen LogP) is 3.13. The highest BCUT2D eigenvalue weighted by Gasteiger charge is 2.32. The number of aliphatic imine (C=N–C) groups is 1. The maximum Gasteiger partial charge on any atom is 0.425 e. The Morgan fingerprint density at radius 2 is 2.13 bits per heavy atom. The molecule has 80 valence electrons. The van der Waals surface area contributed by atoms with E-state index in [1.54, 1.807) is 23.4 Å².